The Bertz CT molecular complexity index is 574. The quantitative estimate of drug-likeness (QED) is 0.726. The standard InChI is InChI=1S/C17H30N6O2/c1-13(2)22-5-7-23(8-6-22)17(3,11-25-4)10-20-16(24)14-9-19-12-21-15(14)18/h9,12-13H,5-8,10-11H2,1-4H3,(H,20,24)(H2,18,19,21). The molecule has 2 rings (SSSR count). The van der Waals surface area contributed by atoms with Gasteiger partial charge in [0.2, 0.25) is 0 Å². The summed E-state index contributed by atoms with van der Waals surface area (Å²) in [6, 6.07) is 0.552. The largest absolute Gasteiger partial charge is 0.383 e. The number of carbonyl (C=O) groups excluding carboxylic acids is 1. The van der Waals surface area contributed by atoms with Gasteiger partial charge in [-0.25, -0.2) is 9.97 Å². The maximum atomic E-state index is 12.4. The molecule has 0 bridgehead atoms. The third-order valence-corrected chi connectivity index (χ3v) is 4.88. The number of nitrogens with one attached hydrogen (secondary N) is 1. The van der Waals surface area contributed by atoms with Crippen molar-refractivity contribution in [2.24, 2.45) is 0 Å². The van der Waals surface area contributed by atoms with E-state index in [2.05, 4.69) is 45.9 Å². The van der Waals surface area contributed by atoms with Gasteiger partial charge in [0.1, 0.15) is 12.1 Å². The van der Waals surface area contributed by atoms with E-state index in [0.29, 0.717) is 24.8 Å². The molecule has 1 saturated heterocycles. The molecule has 8 nitrogen and oxygen atoms in total. The number of hydrogen-bond acceptors (Lipinski definition) is 7. The zero-order valence-corrected chi connectivity index (χ0v) is 15.7. The highest BCUT2D eigenvalue weighted by molar-refractivity contribution is 5.97. The fourth-order valence-corrected chi connectivity index (χ4v) is 3.22. The molecule has 8 heteroatoms. The first-order valence-electron chi connectivity index (χ1n) is 8.69. The lowest BCUT2D eigenvalue weighted by Crippen LogP contribution is -2.62. The second kappa shape index (κ2) is 8.55. The van der Waals surface area contributed by atoms with Crippen LogP contribution >= 0.6 is 0 Å². The maximum absolute atomic E-state index is 12.4. The van der Waals surface area contributed by atoms with Crippen LogP contribution in [0.3, 0.4) is 0 Å². The van der Waals surface area contributed by atoms with Crippen LogP contribution in [0.5, 0.6) is 0 Å². The van der Waals surface area contributed by atoms with Gasteiger partial charge in [0, 0.05) is 52.1 Å². The number of aromatic nitrogens is 2. The highest BCUT2D eigenvalue weighted by Gasteiger charge is 2.35. The van der Waals surface area contributed by atoms with Crippen molar-refractivity contribution in [2.75, 3.05) is 52.2 Å². The van der Waals surface area contributed by atoms with Gasteiger partial charge in [-0.1, -0.05) is 0 Å². The highest BCUT2D eigenvalue weighted by Crippen LogP contribution is 2.19. The van der Waals surface area contributed by atoms with E-state index in [0.717, 1.165) is 26.2 Å². The molecular formula is C17H30N6O2. The fraction of sp³-hybridized carbons (Fsp3) is 0.706. The molecule has 25 heavy (non-hydrogen) atoms. The first-order valence-corrected chi connectivity index (χ1v) is 8.69. The lowest BCUT2D eigenvalue weighted by molar-refractivity contribution is -0.0124. The Balaban J connectivity index is 2.00. The van der Waals surface area contributed by atoms with Crippen LogP contribution in [0.15, 0.2) is 12.5 Å². The van der Waals surface area contributed by atoms with Crippen LogP contribution in [0.1, 0.15) is 31.1 Å². The lowest BCUT2D eigenvalue weighted by Gasteiger charge is -2.46. The molecule has 1 aromatic rings. The van der Waals surface area contributed by atoms with Crippen molar-refractivity contribution in [3.8, 4) is 0 Å². The molecule has 0 radical (unpaired) electrons. The number of nitrogen functional groups attached to an aromatic ring is 1. The van der Waals surface area contributed by atoms with Crippen molar-refractivity contribution >= 4 is 11.7 Å². The average molecular weight is 350 g/mol. The number of nitrogens with two attached hydrogens (primary N) is 1. The Morgan fingerprint density at radius 2 is 2.08 bits per heavy atom. The number of piperazine rings is 1. The van der Waals surface area contributed by atoms with Gasteiger partial charge in [-0.2, -0.15) is 0 Å². The lowest BCUT2D eigenvalue weighted by atomic mass is 9.99. The van der Waals surface area contributed by atoms with Gasteiger partial charge < -0.3 is 15.8 Å². The molecule has 0 aliphatic carbocycles. The molecule has 1 atom stereocenters. The SMILES string of the molecule is COCC(C)(CNC(=O)c1cncnc1N)N1CCN(C(C)C)CC1. The van der Waals surface area contributed by atoms with Crippen LogP contribution in [0.4, 0.5) is 5.82 Å². The van der Waals surface area contributed by atoms with E-state index in [1.807, 2.05) is 0 Å². The van der Waals surface area contributed by atoms with Gasteiger partial charge in [0.15, 0.2) is 0 Å². The maximum Gasteiger partial charge on any atom is 0.256 e. The first kappa shape index (κ1) is 19.6. The fourth-order valence-electron chi connectivity index (χ4n) is 3.22. The van der Waals surface area contributed by atoms with Crippen molar-refractivity contribution < 1.29 is 9.53 Å². The highest BCUT2D eigenvalue weighted by atomic mass is 16.5. The topological polar surface area (TPSA) is 96.6 Å². The second-order valence-corrected chi connectivity index (χ2v) is 7.05. The number of ether oxygens (including phenoxy) is 1. The van der Waals surface area contributed by atoms with Crippen LogP contribution in [-0.2, 0) is 4.74 Å². The van der Waals surface area contributed by atoms with Crippen molar-refractivity contribution in [3.05, 3.63) is 18.1 Å². The van der Waals surface area contributed by atoms with Crippen molar-refractivity contribution in [3.63, 3.8) is 0 Å². The average Bonchev–Trinajstić information content (AvgIpc) is 2.60. The number of hydrogen-bond donors (Lipinski definition) is 2. The molecule has 3 N–H and O–H groups in total. The molecule has 1 aliphatic heterocycles. The van der Waals surface area contributed by atoms with E-state index in [1.165, 1.54) is 12.5 Å². The van der Waals surface area contributed by atoms with Gasteiger partial charge in [0.25, 0.3) is 5.91 Å². The minimum absolute atomic E-state index is 0.187. The molecular weight excluding hydrogens is 320 g/mol. The van der Waals surface area contributed by atoms with Gasteiger partial charge in [-0.05, 0) is 20.8 Å². The minimum Gasteiger partial charge on any atom is -0.383 e. The van der Waals surface area contributed by atoms with E-state index in [-0.39, 0.29) is 17.3 Å². The van der Waals surface area contributed by atoms with Gasteiger partial charge in [0.05, 0.1) is 17.7 Å². The number of rotatable bonds is 7. The smallest absolute Gasteiger partial charge is 0.256 e. The zero-order valence-electron chi connectivity index (χ0n) is 15.7. The van der Waals surface area contributed by atoms with Gasteiger partial charge in [-0.15, -0.1) is 0 Å². The van der Waals surface area contributed by atoms with E-state index in [4.69, 9.17) is 10.5 Å². The first-order chi connectivity index (χ1) is 11.9. The predicted molar refractivity (Wildman–Crippen MR) is 97.3 cm³/mol. The number of carbonyl (C=O) groups is 1. The number of nitrogens with zero attached hydrogens (tertiary/aromatic N) is 4. The summed E-state index contributed by atoms with van der Waals surface area (Å²) in [5, 5.41) is 2.96. The zero-order chi connectivity index (χ0) is 18.4. The molecule has 1 aromatic heterocycles. The summed E-state index contributed by atoms with van der Waals surface area (Å²) >= 11 is 0. The number of amides is 1. The van der Waals surface area contributed by atoms with Crippen LogP contribution in [0.2, 0.25) is 0 Å². The molecule has 2 heterocycles. The summed E-state index contributed by atoms with van der Waals surface area (Å²) in [7, 11) is 1.69. The molecule has 0 saturated carbocycles. The van der Waals surface area contributed by atoms with E-state index < -0.39 is 0 Å². The summed E-state index contributed by atoms with van der Waals surface area (Å²) < 4.78 is 5.44. The summed E-state index contributed by atoms with van der Waals surface area (Å²) in [6.07, 6.45) is 2.77. The monoisotopic (exact) mass is 350 g/mol. The molecule has 1 aliphatic rings. The Kier molecular flexibility index (Phi) is 6.69. The number of methoxy groups -OCH3 is 1. The van der Waals surface area contributed by atoms with Gasteiger partial charge in [-0.3, -0.25) is 14.6 Å². The van der Waals surface area contributed by atoms with Crippen LogP contribution in [0, 0.1) is 0 Å². The normalized spacial score (nSPS) is 18.9. The molecule has 0 aromatic carbocycles. The van der Waals surface area contributed by atoms with E-state index in [9.17, 15) is 4.79 Å². The number of anilines is 1. The summed E-state index contributed by atoms with van der Waals surface area (Å²) in [6.45, 7) is 11.5. The van der Waals surface area contributed by atoms with E-state index in [1.54, 1.807) is 7.11 Å². The van der Waals surface area contributed by atoms with Crippen molar-refractivity contribution in [1.82, 2.24) is 25.1 Å². The molecule has 1 unspecified atom stereocenters. The van der Waals surface area contributed by atoms with Crippen LogP contribution in [-0.4, -0.2) is 83.7 Å². The Morgan fingerprint density at radius 3 is 2.64 bits per heavy atom. The molecule has 0 spiro atoms. The summed E-state index contributed by atoms with van der Waals surface area (Å²) in [4.78, 5) is 25.0. The summed E-state index contributed by atoms with van der Waals surface area (Å²) in [5.41, 5.74) is 5.77. The predicted octanol–water partition coefficient (Wildman–Crippen LogP) is 0.220. The molecule has 1 fully saturated rings. The summed E-state index contributed by atoms with van der Waals surface area (Å²) in [5.74, 6) is -0.0762. The molecule has 1 amide bonds. The Hall–Kier alpha value is -1.77. The Morgan fingerprint density at radius 1 is 1.40 bits per heavy atom. The third kappa shape index (κ3) is 4.87. The minimum atomic E-state index is -0.280. The van der Waals surface area contributed by atoms with Crippen molar-refractivity contribution in [2.45, 2.75) is 32.4 Å². The second-order valence-electron chi connectivity index (χ2n) is 7.05. The van der Waals surface area contributed by atoms with Crippen LogP contribution < -0.4 is 11.1 Å². The van der Waals surface area contributed by atoms with E-state index >= 15 is 0 Å². The van der Waals surface area contributed by atoms with Gasteiger partial charge >= 0.3 is 0 Å². The Labute approximate surface area is 149 Å². The van der Waals surface area contributed by atoms with Crippen molar-refractivity contribution in [1.29, 1.82) is 0 Å². The van der Waals surface area contributed by atoms with Crippen LogP contribution in [0.25, 0.3) is 0 Å². The molecule has 140 valence electrons. The third-order valence-electron chi connectivity index (χ3n) is 4.88.